The van der Waals surface area contributed by atoms with Gasteiger partial charge in [-0.05, 0) is 36.6 Å². The van der Waals surface area contributed by atoms with Gasteiger partial charge < -0.3 is 15.8 Å². The van der Waals surface area contributed by atoms with Gasteiger partial charge in [-0.25, -0.2) is 4.68 Å². The molecule has 1 aliphatic rings. The van der Waals surface area contributed by atoms with Crippen molar-refractivity contribution < 1.29 is 9.53 Å². The Morgan fingerprint density at radius 3 is 2.65 bits per heavy atom. The van der Waals surface area contributed by atoms with E-state index in [0.29, 0.717) is 39.1 Å². The molecular formula is C17H22N4O2. The molecule has 1 saturated heterocycles. The summed E-state index contributed by atoms with van der Waals surface area (Å²) in [5.41, 5.74) is 7.42. The van der Waals surface area contributed by atoms with Crippen LogP contribution in [0.4, 0.5) is 0 Å². The summed E-state index contributed by atoms with van der Waals surface area (Å²) < 4.78 is 7.14. The highest BCUT2D eigenvalue weighted by Gasteiger charge is 2.38. The number of benzene rings is 1. The Labute approximate surface area is 135 Å². The van der Waals surface area contributed by atoms with Gasteiger partial charge in [0.25, 0.3) is 0 Å². The van der Waals surface area contributed by atoms with Crippen LogP contribution in [0, 0.1) is 5.41 Å². The molecular weight excluding hydrogens is 292 g/mol. The number of hydrogen-bond donors (Lipinski definition) is 2. The number of carbonyl (C=O) groups is 1. The monoisotopic (exact) mass is 314 g/mol. The molecule has 0 aliphatic carbocycles. The first kappa shape index (κ1) is 15.7. The molecule has 0 radical (unpaired) electrons. The predicted octanol–water partition coefficient (Wildman–Crippen LogP) is 1.24. The number of nitrogens with zero attached hydrogens (tertiary/aromatic N) is 2. The standard InChI is InChI=1S/C17H22N4O2/c18-13-17(6-10-23-11-7-17)16(22)19-12-14-2-4-15(5-3-14)21-9-1-8-20-21/h1-5,8-9H,6-7,10-13,18H2,(H,19,22). The summed E-state index contributed by atoms with van der Waals surface area (Å²) in [6.07, 6.45) is 5.02. The summed E-state index contributed by atoms with van der Waals surface area (Å²) in [4.78, 5) is 12.5. The fourth-order valence-corrected chi connectivity index (χ4v) is 2.84. The van der Waals surface area contributed by atoms with Gasteiger partial charge in [-0.15, -0.1) is 0 Å². The summed E-state index contributed by atoms with van der Waals surface area (Å²) >= 11 is 0. The van der Waals surface area contributed by atoms with Gasteiger partial charge in [0.05, 0.1) is 11.1 Å². The van der Waals surface area contributed by atoms with Crippen molar-refractivity contribution in [3.63, 3.8) is 0 Å². The lowest BCUT2D eigenvalue weighted by Crippen LogP contribution is -2.48. The highest BCUT2D eigenvalue weighted by molar-refractivity contribution is 5.83. The second kappa shape index (κ2) is 6.93. The first-order valence-electron chi connectivity index (χ1n) is 7.89. The second-order valence-corrected chi connectivity index (χ2v) is 5.90. The lowest BCUT2D eigenvalue weighted by atomic mass is 9.79. The van der Waals surface area contributed by atoms with E-state index in [4.69, 9.17) is 10.5 Å². The predicted molar refractivity (Wildman–Crippen MR) is 87.0 cm³/mol. The maximum atomic E-state index is 12.5. The molecule has 3 rings (SSSR count). The van der Waals surface area contributed by atoms with Crippen LogP contribution in [0.25, 0.3) is 5.69 Å². The number of aromatic nitrogens is 2. The molecule has 1 amide bonds. The minimum absolute atomic E-state index is 0.0273. The fourth-order valence-electron chi connectivity index (χ4n) is 2.84. The van der Waals surface area contributed by atoms with Gasteiger partial charge in [0, 0.05) is 38.7 Å². The van der Waals surface area contributed by atoms with Crippen molar-refractivity contribution in [1.82, 2.24) is 15.1 Å². The quantitative estimate of drug-likeness (QED) is 0.870. The summed E-state index contributed by atoms with van der Waals surface area (Å²) in [6.45, 7) is 2.06. The molecule has 0 atom stereocenters. The van der Waals surface area contributed by atoms with E-state index in [1.165, 1.54) is 0 Å². The third kappa shape index (κ3) is 3.43. The Bertz CT molecular complexity index is 631. The van der Waals surface area contributed by atoms with Crippen molar-refractivity contribution >= 4 is 5.91 Å². The van der Waals surface area contributed by atoms with E-state index < -0.39 is 5.41 Å². The molecule has 0 spiro atoms. The van der Waals surface area contributed by atoms with Gasteiger partial charge in [0.2, 0.25) is 5.91 Å². The van der Waals surface area contributed by atoms with Crippen LogP contribution in [-0.4, -0.2) is 35.4 Å². The zero-order valence-electron chi connectivity index (χ0n) is 13.1. The van der Waals surface area contributed by atoms with Crippen molar-refractivity contribution in [1.29, 1.82) is 0 Å². The lowest BCUT2D eigenvalue weighted by molar-refractivity contribution is -0.136. The van der Waals surface area contributed by atoms with Gasteiger partial charge in [0.1, 0.15) is 0 Å². The lowest BCUT2D eigenvalue weighted by Gasteiger charge is -2.34. The Kier molecular flexibility index (Phi) is 4.73. The van der Waals surface area contributed by atoms with Crippen LogP contribution in [0.2, 0.25) is 0 Å². The number of rotatable bonds is 5. The Balaban J connectivity index is 1.60. The number of nitrogens with two attached hydrogens (primary N) is 1. The van der Waals surface area contributed by atoms with E-state index in [-0.39, 0.29) is 5.91 Å². The molecule has 3 N–H and O–H groups in total. The fraction of sp³-hybridized carbons (Fsp3) is 0.412. The Hall–Kier alpha value is -2.18. The van der Waals surface area contributed by atoms with Crippen LogP contribution >= 0.6 is 0 Å². The van der Waals surface area contributed by atoms with Gasteiger partial charge in [-0.1, -0.05) is 12.1 Å². The van der Waals surface area contributed by atoms with Crippen LogP contribution in [0.5, 0.6) is 0 Å². The van der Waals surface area contributed by atoms with E-state index in [1.807, 2.05) is 36.5 Å². The van der Waals surface area contributed by atoms with Crippen molar-refractivity contribution in [2.75, 3.05) is 19.8 Å². The Morgan fingerprint density at radius 2 is 2.04 bits per heavy atom. The molecule has 1 fully saturated rings. The summed E-state index contributed by atoms with van der Waals surface area (Å²) in [5.74, 6) is 0.0273. The molecule has 1 aliphatic heterocycles. The molecule has 6 heteroatoms. The smallest absolute Gasteiger partial charge is 0.227 e. The second-order valence-electron chi connectivity index (χ2n) is 5.90. The molecule has 1 aromatic carbocycles. The zero-order valence-corrected chi connectivity index (χ0v) is 13.1. The SMILES string of the molecule is NCC1(C(=O)NCc2ccc(-n3cccn3)cc2)CCOCC1. The number of nitrogens with one attached hydrogen (secondary N) is 1. The molecule has 23 heavy (non-hydrogen) atoms. The van der Waals surface area contributed by atoms with Crippen LogP contribution < -0.4 is 11.1 Å². The minimum atomic E-state index is -0.479. The maximum Gasteiger partial charge on any atom is 0.227 e. The largest absolute Gasteiger partial charge is 0.381 e. The third-order valence-corrected chi connectivity index (χ3v) is 4.48. The average molecular weight is 314 g/mol. The molecule has 6 nitrogen and oxygen atoms in total. The summed E-state index contributed by atoms with van der Waals surface area (Å²) in [6, 6.07) is 9.85. The van der Waals surface area contributed by atoms with Crippen LogP contribution in [0.1, 0.15) is 18.4 Å². The van der Waals surface area contributed by atoms with E-state index in [1.54, 1.807) is 10.9 Å². The Morgan fingerprint density at radius 1 is 1.30 bits per heavy atom. The molecule has 2 aromatic rings. The van der Waals surface area contributed by atoms with E-state index in [2.05, 4.69) is 10.4 Å². The molecule has 1 aromatic heterocycles. The average Bonchev–Trinajstić information content (AvgIpc) is 3.15. The van der Waals surface area contributed by atoms with E-state index in [9.17, 15) is 4.79 Å². The van der Waals surface area contributed by atoms with E-state index >= 15 is 0 Å². The molecule has 0 unspecified atom stereocenters. The van der Waals surface area contributed by atoms with Crippen molar-refractivity contribution in [3.8, 4) is 5.69 Å². The highest BCUT2D eigenvalue weighted by Crippen LogP contribution is 2.29. The van der Waals surface area contributed by atoms with Gasteiger partial charge in [-0.3, -0.25) is 4.79 Å². The number of ether oxygens (including phenoxy) is 1. The highest BCUT2D eigenvalue weighted by atomic mass is 16.5. The van der Waals surface area contributed by atoms with Crippen LogP contribution in [-0.2, 0) is 16.1 Å². The first-order chi connectivity index (χ1) is 11.2. The van der Waals surface area contributed by atoms with Gasteiger partial charge >= 0.3 is 0 Å². The number of hydrogen-bond acceptors (Lipinski definition) is 4. The summed E-state index contributed by atoms with van der Waals surface area (Å²) in [7, 11) is 0. The summed E-state index contributed by atoms with van der Waals surface area (Å²) in [5, 5.41) is 7.21. The number of carbonyl (C=O) groups excluding carboxylic acids is 1. The minimum Gasteiger partial charge on any atom is -0.381 e. The molecule has 0 saturated carbocycles. The van der Waals surface area contributed by atoms with Crippen molar-refractivity contribution in [3.05, 3.63) is 48.3 Å². The van der Waals surface area contributed by atoms with Crippen LogP contribution in [0.3, 0.4) is 0 Å². The van der Waals surface area contributed by atoms with Crippen LogP contribution in [0.15, 0.2) is 42.7 Å². The number of amides is 1. The molecule has 122 valence electrons. The normalized spacial score (nSPS) is 16.9. The van der Waals surface area contributed by atoms with Gasteiger partial charge in [0.15, 0.2) is 0 Å². The van der Waals surface area contributed by atoms with Crippen molar-refractivity contribution in [2.24, 2.45) is 11.1 Å². The third-order valence-electron chi connectivity index (χ3n) is 4.48. The molecule has 2 heterocycles. The maximum absolute atomic E-state index is 12.5. The van der Waals surface area contributed by atoms with Crippen molar-refractivity contribution in [2.45, 2.75) is 19.4 Å². The zero-order chi connectivity index (χ0) is 16.1. The topological polar surface area (TPSA) is 82.2 Å². The first-order valence-corrected chi connectivity index (χ1v) is 7.89. The molecule has 0 bridgehead atoms. The van der Waals surface area contributed by atoms with E-state index in [0.717, 1.165) is 11.3 Å². The van der Waals surface area contributed by atoms with Gasteiger partial charge in [-0.2, -0.15) is 5.10 Å².